The number of thiazole rings is 1. The van der Waals surface area contributed by atoms with Crippen LogP contribution >= 0.6 is 11.3 Å². The average Bonchev–Trinajstić information content (AvgIpc) is 3.62. The molecule has 1 amide bonds. The summed E-state index contributed by atoms with van der Waals surface area (Å²) in [6.45, 7) is 4.41. The van der Waals surface area contributed by atoms with Crippen LogP contribution in [0.3, 0.4) is 0 Å². The fraction of sp³-hybridized carbons (Fsp3) is 0.321. The number of methoxy groups -OCH3 is 1. The van der Waals surface area contributed by atoms with Crippen LogP contribution in [-0.2, 0) is 6.54 Å². The molecule has 1 saturated carbocycles. The number of anilines is 1. The Morgan fingerprint density at radius 2 is 1.83 bits per heavy atom. The SMILES string of the molecule is COc1ccc(-c2nc(CN3CCN(c4cc(C(=O)NC5CC5)c5ccccc5n4)CC3)cs2)cc1. The summed E-state index contributed by atoms with van der Waals surface area (Å²) in [5, 5.41) is 7.24. The van der Waals surface area contributed by atoms with E-state index in [1.807, 2.05) is 42.5 Å². The van der Waals surface area contributed by atoms with Gasteiger partial charge in [-0.3, -0.25) is 9.69 Å². The number of benzene rings is 2. The molecule has 0 spiro atoms. The minimum absolute atomic E-state index is 0.00665. The van der Waals surface area contributed by atoms with Crippen molar-refractivity contribution in [3.05, 3.63) is 71.2 Å². The molecule has 184 valence electrons. The number of rotatable bonds is 7. The number of hydrogen-bond acceptors (Lipinski definition) is 7. The van der Waals surface area contributed by atoms with E-state index in [9.17, 15) is 4.79 Å². The van der Waals surface area contributed by atoms with Crippen LogP contribution in [0.25, 0.3) is 21.5 Å². The van der Waals surface area contributed by atoms with Crippen molar-refractivity contribution in [2.75, 3.05) is 38.2 Å². The molecule has 2 fully saturated rings. The molecule has 0 bridgehead atoms. The van der Waals surface area contributed by atoms with Gasteiger partial charge in [0.1, 0.15) is 16.6 Å². The van der Waals surface area contributed by atoms with E-state index in [-0.39, 0.29) is 5.91 Å². The number of para-hydroxylation sites is 1. The molecule has 36 heavy (non-hydrogen) atoms. The number of hydrogen-bond donors (Lipinski definition) is 1. The van der Waals surface area contributed by atoms with Crippen LogP contribution in [-0.4, -0.2) is 60.1 Å². The molecule has 2 aliphatic rings. The molecule has 2 aromatic heterocycles. The van der Waals surface area contributed by atoms with Crippen LogP contribution in [0.4, 0.5) is 5.82 Å². The van der Waals surface area contributed by atoms with Gasteiger partial charge in [0.25, 0.3) is 5.91 Å². The minimum atomic E-state index is 0.00665. The summed E-state index contributed by atoms with van der Waals surface area (Å²) in [5.41, 5.74) is 3.80. The van der Waals surface area contributed by atoms with Crippen LogP contribution in [0.15, 0.2) is 60.0 Å². The highest BCUT2D eigenvalue weighted by molar-refractivity contribution is 7.13. The predicted octanol–water partition coefficient (Wildman–Crippen LogP) is 4.58. The monoisotopic (exact) mass is 499 g/mol. The first-order valence-corrected chi connectivity index (χ1v) is 13.3. The van der Waals surface area contributed by atoms with Crippen molar-refractivity contribution in [3.63, 3.8) is 0 Å². The Hall–Kier alpha value is -3.49. The van der Waals surface area contributed by atoms with E-state index in [0.29, 0.717) is 6.04 Å². The number of amides is 1. The number of pyridine rings is 1. The van der Waals surface area contributed by atoms with Gasteiger partial charge in [-0.2, -0.15) is 0 Å². The van der Waals surface area contributed by atoms with E-state index in [1.54, 1.807) is 18.4 Å². The number of carbonyl (C=O) groups is 1. The van der Waals surface area contributed by atoms with E-state index in [4.69, 9.17) is 14.7 Å². The second-order valence-corrected chi connectivity index (χ2v) is 10.3. The zero-order valence-electron chi connectivity index (χ0n) is 20.3. The maximum absolute atomic E-state index is 13.0. The normalized spacial score (nSPS) is 16.3. The van der Waals surface area contributed by atoms with Gasteiger partial charge in [0.15, 0.2) is 0 Å². The van der Waals surface area contributed by atoms with Gasteiger partial charge in [-0.25, -0.2) is 9.97 Å². The van der Waals surface area contributed by atoms with E-state index in [2.05, 4.69) is 32.6 Å². The summed E-state index contributed by atoms with van der Waals surface area (Å²) in [4.78, 5) is 27.5. The third-order valence-corrected chi connectivity index (χ3v) is 7.77. The second kappa shape index (κ2) is 9.87. The fourth-order valence-corrected chi connectivity index (χ4v) is 5.43. The Bertz CT molecular complexity index is 1370. The lowest BCUT2D eigenvalue weighted by Crippen LogP contribution is -2.46. The minimum Gasteiger partial charge on any atom is -0.497 e. The highest BCUT2D eigenvalue weighted by Crippen LogP contribution is 2.28. The number of ether oxygens (including phenoxy) is 1. The van der Waals surface area contributed by atoms with Crippen LogP contribution in [0.1, 0.15) is 28.9 Å². The molecule has 1 saturated heterocycles. The maximum atomic E-state index is 13.0. The first-order valence-electron chi connectivity index (χ1n) is 12.4. The van der Waals surface area contributed by atoms with Gasteiger partial charge in [0, 0.05) is 55.1 Å². The van der Waals surface area contributed by atoms with Crippen molar-refractivity contribution in [2.45, 2.75) is 25.4 Å². The molecule has 1 aliphatic heterocycles. The second-order valence-electron chi connectivity index (χ2n) is 9.43. The number of nitrogens with one attached hydrogen (secondary N) is 1. The molecule has 4 aromatic rings. The number of nitrogens with zero attached hydrogens (tertiary/aromatic N) is 4. The van der Waals surface area contributed by atoms with Crippen LogP contribution in [0, 0.1) is 0 Å². The van der Waals surface area contributed by atoms with E-state index >= 15 is 0 Å². The van der Waals surface area contributed by atoms with Gasteiger partial charge in [-0.15, -0.1) is 11.3 Å². The van der Waals surface area contributed by atoms with Gasteiger partial charge in [0.05, 0.1) is 23.9 Å². The van der Waals surface area contributed by atoms with Crippen LogP contribution < -0.4 is 15.0 Å². The highest BCUT2D eigenvalue weighted by Gasteiger charge is 2.26. The summed E-state index contributed by atoms with van der Waals surface area (Å²) in [6.07, 6.45) is 2.15. The molecule has 2 aromatic carbocycles. The lowest BCUT2D eigenvalue weighted by molar-refractivity contribution is 0.0952. The molecule has 3 heterocycles. The standard InChI is InChI=1S/C28H29N5O2S/c1-35-22-10-6-19(7-11-22)28-30-21(18-36-28)17-32-12-14-33(15-13-32)26-16-24(27(34)29-20-8-9-20)23-4-2-3-5-25(23)31-26/h2-7,10-11,16,18,20H,8-9,12-15,17H2,1H3,(H,29,34). The largest absolute Gasteiger partial charge is 0.497 e. The Morgan fingerprint density at radius 3 is 2.58 bits per heavy atom. The average molecular weight is 500 g/mol. The lowest BCUT2D eigenvalue weighted by atomic mass is 10.1. The number of carbonyl (C=O) groups excluding carboxylic acids is 1. The molecule has 0 unspecified atom stereocenters. The van der Waals surface area contributed by atoms with Gasteiger partial charge < -0.3 is 15.0 Å². The molecule has 8 heteroatoms. The maximum Gasteiger partial charge on any atom is 0.252 e. The number of fused-ring (bicyclic) bond motifs is 1. The van der Waals surface area contributed by atoms with Gasteiger partial charge in [-0.05, 0) is 49.2 Å². The fourth-order valence-electron chi connectivity index (χ4n) is 4.61. The van der Waals surface area contributed by atoms with Gasteiger partial charge in [-0.1, -0.05) is 18.2 Å². The van der Waals surface area contributed by atoms with E-state index in [0.717, 1.165) is 89.9 Å². The quantitative estimate of drug-likeness (QED) is 0.401. The first-order chi connectivity index (χ1) is 17.7. The Balaban J connectivity index is 1.12. The number of piperazine rings is 1. The van der Waals surface area contributed by atoms with E-state index in [1.165, 1.54) is 0 Å². The van der Waals surface area contributed by atoms with Crippen LogP contribution in [0.5, 0.6) is 5.75 Å². The molecule has 1 N–H and O–H groups in total. The zero-order valence-corrected chi connectivity index (χ0v) is 21.1. The van der Waals surface area contributed by atoms with Crippen molar-refractivity contribution < 1.29 is 9.53 Å². The van der Waals surface area contributed by atoms with Crippen molar-refractivity contribution >= 4 is 34.0 Å². The molecule has 7 nitrogen and oxygen atoms in total. The van der Waals surface area contributed by atoms with Crippen molar-refractivity contribution in [3.8, 4) is 16.3 Å². The van der Waals surface area contributed by atoms with Gasteiger partial charge in [0.2, 0.25) is 0 Å². The summed E-state index contributed by atoms with van der Waals surface area (Å²) in [6, 6.07) is 18.3. The van der Waals surface area contributed by atoms with Gasteiger partial charge >= 0.3 is 0 Å². The van der Waals surface area contributed by atoms with Crippen LogP contribution in [0.2, 0.25) is 0 Å². The molecular weight excluding hydrogens is 470 g/mol. The topological polar surface area (TPSA) is 70.6 Å². The molecule has 6 rings (SSSR count). The first kappa shape index (κ1) is 22.9. The molecular formula is C28H29N5O2S. The Kier molecular flexibility index (Phi) is 6.29. The summed E-state index contributed by atoms with van der Waals surface area (Å²) >= 11 is 1.68. The summed E-state index contributed by atoms with van der Waals surface area (Å²) < 4.78 is 5.26. The third-order valence-electron chi connectivity index (χ3n) is 6.83. The Labute approximate surface area is 214 Å². The number of aromatic nitrogens is 2. The van der Waals surface area contributed by atoms with E-state index < -0.39 is 0 Å². The Morgan fingerprint density at radius 1 is 1.06 bits per heavy atom. The third kappa shape index (κ3) is 4.92. The highest BCUT2D eigenvalue weighted by atomic mass is 32.1. The molecule has 1 aliphatic carbocycles. The molecule has 0 radical (unpaired) electrons. The molecule has 0 atom stereocenters. The smallest absolute Gasteiger partial charge is 0.252 e. The zero-order chi connectivity index (χ0) is 24.5. The summed E-state index contributed by atoms with van der Waals surface area (Å²) in [7, 11) is 1.68. The summed E-state index contributed by atoms with van der Waals surface area (Å²) in [5.74, 6) is 1.74. The van der Waals surface area contributed by atoms with Crippen molar-refractivity contribution in [2.24, 2.45) is 0 Å². The lowest BCUT2D eigenvalue weighted by Gasteiger charge is -2.35. The predicted molar refractivity (Wildman–Crippen MR) is 144 cm³/mol. The van der Waals surface area contributed by atoms with Crippen molar-refractivity contribution in [1.29, 1.82) is 0 Å². The van der Waals surface area contributed by atoms with Crippen molar-refractivity contribution in [1.82, 2.24) is 20.2 Å².